The molecule has 0 spiro atoms. The maximum Gasteiger partial charge on any atom is 0.311 e. The first-order valence-electron chi connectivity index (χ1n) is 4.77. The first-order valence-corrected chi connectivity index (χ1v) is 5.53. The van der Waals surface area contributed by atoms with Crippen LogP contribution in [0.2, 0.25) is 10.0 Å². The molecule has 0 amide bonds. The number of carboxylic acids is 1. The Morgan fingerprint density at radius 2 is 2.07 bits per heavy atom. The van der Waals surface area contributed by atoms with Crippen molar-refractivity contribution in [2.45, 2.75) is 18.8 Å². The maximum absolute atomic E-state index is 11.1. The highest BCUT2D eigenvalue weighted by Crippen LogP contribution is 2.45. The lowest BCUT2D eigenvalue weighted by Gasteiger charge is -2.13. The van der Waals surface area contributed by atoms with Gasteiger partial charge >= 0.3 is 5.97 Å². The zero-order valence-corrected chi connectivity index (χ0v) is 9.42. The Kier molecular flexibility index (Phi) is 2.89. The van der Waals surface area contributed by atoms with Crippen molar-refractivity contribution in [2.24, 2.45) is 5.92 Å². The molecule has 1 aromatic carbocycles. The smallest absolute Gasteiger partial charge is 0.311 e. The van der Waals surface area contributed by atoms with Crippen LogP contribution in [0.3, 0.4) is 0 Å². The molecule has 0 bridgehead atoms. The first kappa shape index (κ1) is 10.8. The van der Waals surface area contributed by atoms with E-state index in [2.05, 4.69) is 0 Å². The topological polar surface area (TPSA) is 37.3 Å². The number of carboxylic acid groups (broad SMARTS) is 1. The fourth-order valence-corrected chi connectivity index (χ4v) is 2.19. The van der Waals surface area contributed by atoms with Crippen molar-refractivity contribution in [1.29, 1.82) is 0 Å². The van der Waals surface area contributed by atoms with E-state index >= 15 is 0 Å². The van der Waals surface area contributed by atoms with Crippen LogP contribution >= 0.6 is 23.2 Å². The van der Waals surface area contributed by atoms with Gasteiger partial charge in [0, 0.05) is 10.0 Å². The van der Waals surface area contributed by atoms with Crippen LogP contribution in [0.15, 0.2) is 18.2 Å². The van der Waals surface area contributed by atoms with Crippen molar-refractivity contribution >= 4 is 29.2 Å². The third-order valence-electron chi connectivity index (χ3n) is 2.65. The van der Waals surface area contributed by atoms with Gasteiger partial charge in [0.1, 0.15) is 0 Å². The van der Waals surface area contributed by atoms with Gasteiger partial charge in [-0.05, 0) is 42.5 Å². The van der Waals surface area contributed by atoms with Crippen LogP contribution < -0.4 is 0 Å². The predicted molar refractivity (Wildman–Crippen MR) is 59.6 cm³/mol. The van der Waals surface area contributed by atoms with E-state index in [-0.39, 0.29) is 5.92 Å². The van der Waals surface area contributed by atoms with Gasteiger partial charge in [-0.25, -0.2) is 0 Å². The SMILES string of the molecule is O=C(O)C(c1cc(Cl)ccc1Cl)C1CC1. The summed E-state index contributed by atoms with van der Waals surface area (Å²) in [6.45, 7) is 0. The van der Waals surface area contributed by atoms with Crippen LogP contribution in [-0.2, 0) is 4.79 Å². The highest BCUT2D eigenvalue weighted by Gasteiger charge is 2.38. The zero-order valence-electron chi connectivity index (χ0n) is 7.91. The van der Waals surface area contributed by atoms with Crippen molar-refractivity contribution < 1.29 is 9.90 Å². The minimum Gasteiger partial charge on any atom is -0.481 e. The van der Waals surface area contributed by atoms with Gasteiger partial charge in [0.05, 0.1) is 5.92 Å². The van der Waals surface area contributed by atoms with Gasteiger partial charge in [-0.1, -0.05) is 23.2 Å². The summed E-state index contributed by atoms with van der Waals surface area (Å²) in [7, 11) is 0. The molecule has 4 heteroatoms. The van der Waals surface area contributed by atoms with Gasteiger partial charge in [0.15, 0.2) is 0 Å². The normalized spacial score (nSPS) is 17.5. The van der Waals surface area contributed by atoms with Gasteiger partial charge < -0.3 is 5.11 Å². The average molecular weight is 245 g/mol. The van der Waals surface area contributed by atoms with Crippen molar-refractivity contribution in [1.82, 2.24) is 0 Å². The zero-order chi connectivity index (χ0) is 11.0. The molecule has 1 saturated carbocycles. The second-order valence-corrected chi connectivity index (χ2v) is 4.66. The highest BCUT2D eigenvalue weighted by molar-refractivity contribution is 6.33. The van der Waals surface area contributed by atoms with E-state index in [1.807, 2.05) is 0 Å². The molecule has 0 heterocycles. The lowest BCUT2D eigenvalue weighted by molar-refractivity contribution is -0.139. The molecule has 15 heavy (non-hydrogen) atoms. The van der Waals surface area contributed by atoms with Crippen LogP contribution in [0.5, 0.6) is 0 Å². The minimum atomic E-state index is -0.818. The molecule has 1 fully saturated rings. The number of carbonyl (C=O) groups is 1. The van der Waals surface area contributed by atoms with Gasteiger partial charge in [0.25, 0.3) is 0 Å². The quantitative estimate of drug-likeness (QED) is 0.883. The van der Waals surface area contributed by atoms with Crippen LogP contribution in [-0.4, -0.2) is 11.1 Å². The average Bonchev–Trinajstić information content (AvgIpc) is 2.95. The number of hydrogen-bond acceptors (Lipinski definition) is 1. The molecule has 1 aromatic rings. The molecule has 1 N–H and O–H groups in total. The van der Waals surface area contributed by atoms with E-state index < -0.39 is 11.9 Å². The summed E-state index contributed by atoms with van der Waals surface area (Å²) >= 11 is 11.8. The van der Waals surface area contributed by atoms with Crippen LogP contribution in [0.25, 0.3) is 0 Å². The molecule has 0 radical (unpaired) electrons. The van der Waals surface area contributed by atoms with E-state index in [1.165, 1.54) is 0 Å². The van der Waals surface area contributed by atoms with Gasteiger partial charge in [-0.15, -0.1) is 0 Å². The second kappa shape index (κ2) is 4.03. The summed E-state index contributed by atoms with van der Waals surface area (Å²) in [6.07, 6.45) is 1.92. The Labute approximate surface area is 97.8 Å². The lowest BCUT2D eigenvalue weighted by atomic mass is 9.94. The Morgan fingerprint density at radius 3 is 2.60 bits per heavy atom. The Morgan fingerprint density at radius 1 is 1.40 bits per heavy atom. The summed E-state index contributed by atoms with van der Waals surface area (Å²) in [5.41, 5.74) is 0.638. The Bertz CT molecular complexity index is 400. The molecule has 80 valence electrons. The van der Waals surface area contributed by atoms with Gasteiger partial charge in [-0.2, -0.15) is 0 Å². The number of hydrogen-bond donors (Lipinski definition) is 1. The van der Waals surface area contributed by atoms with Crippen molar-refractivity contribution in [2.75, 3.05) is 0 Å². The summed E-state index contributed by atoms with van der Waals surface area (Å²) < 4.78 is 0. The van der Waals surface area contributed by atoms with Crippen LogP contribution in [0.1, 0.15) is 24.3 Å². The van der Waals surface area contributed by atoms with Crippen molar-refractivity contribution in [3.8, 4) is 0 Å². The van der Waals surface area contributed by atoms with Crippen LogP contribution in [0.4, 0.5) is 0 Å². The first-order chi connectivity index (χ1) is 7.09. The summed E-state index contributed by atoms with van der Waals surface area (Å²) in [5, 5.41) is 10.2. The third kappa shape index (κ3) is 2.27. The van der Waals surface area contributed by atoms with E-state index in [1.54, 1.807) is 18.2 Å². The molecule has 2 nitrogen and oxygen atoms in total. The Balaban J connectivity index is 2.40. The standard InChI is InChI=1S/C11H10Cl2O2/c12-7-3-4-9(13)8(5-7)10(11(14)15)6-1-2-6/h3-6,10H,1-2H2,(H,14,15). The fourth-order valence-electron chi connectivity index (χ4n) is 1.77. The van der Waals surface area contributed by atoms with Crippen LogP contribution in [0, 0.1) is 5.92 Å². The molecule has 0 saturated heterocycles. The molecule has 1 unspecified atom stereocenters. The fraction of sp³-hybridized carbons (Fsp3) is 0.364. The maximum atomic E-state index is 11.1. The minimum absolute atomic E-state index is 0.221. The largest absolute Gasteiger partial charge is 0.481 e. The van der Waals surface area contributed by atoms with Crippen molar-refractivity contribution in [3.63, 3.8) is 0 Å². The molecular formula is C11H10Cl2O2. The number of aliphatic carboxylic acids is 1. The monoisotopic (exact) mass is 244 g/mol. The predicted octanol–water partition coefficient (Wildman–Crippen LogP) is 3.57. The van der Waals surface area contributed by atoms with E-state index in [4.69, 9.17) is 28.3 Å². The summed E-state index contributed by atoms with van der Waals surface area (Å²) in [5.74, 6) is -1.10. The van der Waals surface area contributed by atoms with Crippen molar-refractivity contribution in [3.05, 3.63) is 33.8 Å². The van der Waals surface area contributed by atoms with Gasteiger partial charge in [-0.3, -0.25) is 4.79 Å². The number of rotatable bonds is 3. The summed E-state index contributed by atoms with van der Waals surface area (Å²) in [6, 6.07) is 4.97. The molecule has 1 aliphatic rings. The molecule has 2 rings (SSSR count). The van der Waals surface area contributed by atoms with E-state index in [9.17, 15) is 4.79 Å². The molecule has 0 aromatic heterocycles. The second-order valence-electron chi connectivity index (χ2n) is 3.82. The summed E-state index contributed by atoms with van der Waals surface area (Å²) in [4.78, 5) is 11.1. The molecule has 0 aliphatic heterocycles. The lowest BCUT2D eigenvalue weighted by Crippen LogP contribution is -2.14. The van der Waals surface area contributed by atoms with Gasteiger partial charge in [0.2, 0.25) is 0 Å². The third-order valence-corrected chi connectivity index (χ3v) is 3.23. The Hall–Kier alpha value is -0.730. The molecule has 1 atom stereocenters. The highest BCUT2D eigenvalue weighted by atomic mass is 35.5. The van der Waals surface area contributed by atoms with E-state index in [0.29, 0.717) is 15.6 Å². The number of halogens is 2. The molecule has 1 aliphatic carbocycles. The van der Waals surface area contributed by atoms with E-state index in [0.717, 1.165) is 12.8 Å². The molecular weight excluding hydrogens is 235 g/mol. The number of benzene rings is 1.